The number of aromatic amines is 1. The zero-order valence-corrected chi connectivity index (χ0v) is 28.8. The van der Waals surface area contributed by atoms with E-state index in [9.17, 15) is 9.59 Å². The van der Waals surface area contributed by atoms with Crippen LogP contribution in [0.4, 0.5) is 0 Å². The lowest BCUT2D eigenvalue weighted by Crippen LogP contribution is -2.47. The van der Waals surface area contributed by atoms with Crippen LogP contribution in [0.15, 0.2) is 15.8 Å². The van der Waals surface area contributed by atoms with Gasteiger partial charge in [0.15, 0.2) is 16.8 Å². The van der Waals surface area contributed by atoms with Gasteiger partial charge in [-0.15, -0.1) is 0 Å². The summed E-state index contributed by atoms with van der Waals surface area (Å²) in [6.07, 6.45) is 0.977. The fourth-order valence-electron chi connectivity index (χ4n) is 4.88. The van der Waals surface area contributed by atoms with Gasteiger partial charge in [-0.25, -0.2) is 14.1 Å². The second-order valence-electron chi connectivity index (χ2n) is 13.4. The molecular formula is C28H55N4O5PSi. The summed E-state index contributed by atoms with van der Waals surface area (Å²) < 4.78 is 26.7. The third-order valence-electron chi connectivity index (χ3n) is 7.75. The quantitative estimate of drug-likeness (QED) is 0.237. The van der Waals surface area contributed by atoms with Crippen molar-refractivity contribution in [3.63, 3.8) is 0 Å². The van der Waals surface area contributed by atoms with E-state index in [1.54, 1.807) is 13.1 Å². The number of ether oxygens (including phenoxy) is 1. The lowest BCUT2D eigenvalue weighted by atomic mass is 10.2. The molecule has 0 unspecified atom stereocenters. The Balaban J connectivity index is 2.45. The van der Waals surface area contributed by atoms with Crippen LogP contribution < -0.4 is 11.2 Å². The number of aromatic nitrogens is 2. The molecule has 0 radical (unpaired) electrons. The number of aryl methyl sites for hydroxylation is 1. The van der Waals surface area contributed by atoms with Crippen molar-refractivity contribution in [3.8, 4) is 0 Å². The van der Waals surface area contributed by atoms with Gasteiger partial charge in [-0.3, -0.25) is 14.3 Å². The van der Waals surface area contributed by atoms with E-state index in [0.717, 1.165) is 0 Å². The molecule has 1 aromatic heterocycles. The number of nitrogens with zero attached hydrogens (tertiary/aromatic N) is 3. The van der Waals surface area contributed by atoms with Crippen LogP contribution in [0.3, 0.4) is 0 Å². The molecular weight excluding hydrogens is 531 g/mol. The van der Waals surface area contributed by atoms with E-state index in [2.05, 4.69) is 104 Å². The Morgan fingerprint density at radius 2 is 1.51 bits per heavy atom. The lowest BCUT2D eigenvalue weighted by Gasteiger charge is -2.46. The highest BCUT2D eigenvalue weighted by Gasteiger charge is 2.46. The van der Waals surface area contributed by atoms with Gasteiger partial charge in [0.2, 0.25) is 0 Å². The summed E-state index contributed by atoms with van der Waals surface area (Å²) >= 11 is 0. The van der Waals surface area contributed by atoms with Gasteiger partial charge in [0.05, 0.1) is 12.7 Å². The Morgan fingerprint density at radius 3 is 1.95 bits per heavy atom. The molecule has 11 heteroatoms. The molecule has 0 aromatic carbocycles. The molecule has 0 aliphatic carbocycles. The minimum atomic E-state index is -2.14. The molecule has 226 valence electrons. The van der Waals surface area contributed by atoms with E-state index in [-0.39, 0.29) is 22.8 Å². The van der Waals surface area contributed by atoms with Gasteiger partial charge in [0, 0.05) is 42.3 Å². The summed E-state index contributed by atoms with van der Waals surface area (Å²) in [6.45, 7) is 30.9. The van der Waals surface area contributed by atoms with E-state index in [1.165, 1.54) is 4.57 Å². The Morgan fingerprint density at radius 1 is 1.03 bits per heavy atom. The molecule has 2 heterocycles. The topological polar surface area (TPSA) is 89.0 Å². The highest BCUT2D eigenvalue weighted by Crippen LogP contribution is 2.51. The number of hydrogen-bond acceptors (Lipinski definition) is 7. The van der Waals surface area contributed by atoms with Crippen molar-refractivity contribution in [3.05, 3.63) is 32.6 Å². The first kappa shape index (κ1) is 34.3. The van der Waals surface area contributed by atoms with Crippen LogP contribution in [-0.4, -0.2) is 70.2 Å². The van der Waals surface area contributed by atoms with Gasteiger partial charge >= 0.3 is 5.69 Å². The van der Waals surface area contributed by atoms with Gasteiger partial charge in [-0.1, -0.05) is 20.8 Å². The largest absolute Gasteiger partial charge is 0.411 e. The van der Waals surface area contributed by atoms with Crippen LogP contribution in [-0.2, 0) is 13.7 Å². The van der Waals surface area contributed by atoms with E-state index < -0.39 is 28.7 Å². The maximum absolute atomic E-state index is 12.7. The number of H-pyrrole nitrogens is 1. The minimum Gasteiger partial charge on any atom is -0.411 e. The normalized spacial score (nSPS) is 21.2. The van der Waals surface area contributed by atoms with Crippen molar-refractivity contribution >= 4 is 16.8 Å². The molecule has 0 saturated carbocycles. The van der Waals surface area contributed by atoms with Gasteiger partial charge in [-0.2, -0.15) is 0 Å². The predicted molar refractivity (Wildman–Crippen MR) is 164 cm³/mol. The molecule has 1 aromatic rings. The third-order valence-corrected chi connectivity index (χ3v) is 15.3. The predicted octanol–water partition coefficient (Wildman–Crippen LogP) is 6.00. The lowest BCUT2D eigenvalue weighted by molar-refractivity contribution is -0.0404. The zero-order valence-electron chi connectivity index (χ0n) is 26.9. The number of rotatable bonds is 12. The van der Waals surface area contributed by atoms with Crippen LogP contribution in [0.25, 0.3) is 0 Å². The summed E-state index contributed by atoms with van der Waals surface area (Å²) in [5.41, 5.74) is -0.377. The summed E-state index contributed by atoms with van der Waals surface area (Å²) in [5.74, 6) is 0. The van der Waals surface area contributed by atoms with Crippen LogP contribution in [0, 0.1) is 6.92 Å². The van der Waals surface area contributed by atoms with E-state index in [4.69, 9.17) is 13.7 Å². The minimum absolute atomic E-state index is 0.0205. The monoisotopic (exact) mass is 586 g/mol. The van der Waals surface area contributed by atoms with Crippen molar-refractivity contribution in [2.75, 3.05) is 6.61 Å². The molecule has 2 rings (SSSR count). The van der Waals surface area contributed by atoms with E-state index >= 15 is 0 Å². The maximum atomic E-state index is 12.7. The Labute approximate surface area is 238 Å². The smallest absolute Gasteiger partial charge is 0.330 e. The first-order chi connectivity index (χ1) is 17.8. The van der Waals surface area contributed by atoms with E-state index in [1.807, 2.05) is 0 Å². The van der Waals surface area contributed by atoms with E-state index in [0.29, 0.717) is 42.8 Å². The first-order valence-corrected chi connectivity index (χ1v) is 18.5. The Kier molecular flexibility index (Phi) is 11.8. The van der Waals surface area contributed by atoms with Crippen LogP contribution in [0.5, 0.6) is 0 Å². The molecule has 1 N–H and O–H groups in total. The van der Waals surface area contributed by atoms with Gasteiger partial charge in [0.1, 0.15) is 12.3 Å². The third kappa shape index (κ3) is 8.34. The molecule has 0 bridgehead atoms. The average molecular weight is 587 g/mol. The number of nitrogens with one attached hydrogen (secondary N) is 1. The molecule has 3 atom stereocenters. The van der Waals surface area contributed by atoms with Crippen molar-refractivity contribution in [1.82, 2.24) is 18.9 Å². The Hall–Kier alpha value is -0.873. The van der Waals surface area contributed by atoms with Crippen LogP contribution in [0.1, 0.15) is 94.4 Å². The second-order valence-corrected chi connectivity index (χ2v) is 19.9. The van der Waals surface area contributed by atoms with Crippen molar-refractivity contribution in [2.24, 2.45) is 0 Å². The molecule has 1 aliphatic heterocycles. The fourth-order valence-corrected chi connectivity index (χ4v) is 8.60. The summed E-state index contributed by atoms with van der Waals surface area (Å²) in [7, 11) is -3.24. The second kappa shape index (κ2) is 13.4. The van der Waals surface area contributed by atoms with Gasteiger partial charge in [-0.05, 0) is 80.4 Å². The molecule has 1 fully saturated rings. The summed E-state index contributed by atoms with van der Waals surface area (Å²) in [5, 5.41) is 0.0205. The molecule has 39 heavy (non-hydrogen) atoms. The SMILES string of the molecule is Cc1cn([C@H]2C[C@H](O[Si](C)(C)C(C)(C)C)[C@@H](COP(N(C(C)C)C(C)C)N(C(C)C)C(C)C)O2)c(=O)[nH]c1=O. The maximum Gasteiger partial charge on any atom is 0.330 e. The summed E-state index contributed by atoms with van der Waals surface area (Å²) in [4.78, 5) is 27.2. The standard InChI is InChI=1S/C28H55N4O5PSi/c1-18(2)31(19(3)4)38(32(20(5)6)21(7)8)35-17-24-23(37-39(13,14)28(10,11)12)15-25(36-24)30-16-22(9)26(33)29-27(30)34/h16,18-21,23-25H,15,17H2,1-14H3,(H,29,33,34)/t23-,24+,25+/m0/s1. The molecule has 0 spiro atoms. The van der Waals surface area contributed by atoms with Crippen molar-refractivity contribution in [1.29, 1.82) is 0 Å². The van der Waals surface area contributed by atoms with Gasteiger partial charge in [0.25, 0.3) is 5.56 Å². The fraction of sp³-hybridized carbons (Fsp3) is 0.857. The molecule has 1 saturated heterocycles. The molecule has 1 aliphatic rings. The molecule has 9 nitrogen and oxygen atoms in total. The molecule has 0 amide bonds. The Bertz CT molecular complexity index is 1010. The zero-order chi connectivity index (χ0) is 30.0. The van der Waals surface area contributed by atoms with Crippen LogP contribution in [0.2, 0.25) is 18.1 Å². The van der Waals surface area contributed by atoms with Gasteiger partial charge < -0.3 is 13.7 Å². The van der Waals surface area contributed by atoms with Crippen molar-refractivity contribution < 1.29 is 13.7 Å². The van der Waals surface area contributed by atoms with Crippen LogP contribution >= 0.6 is 8.45 Å². The summed E-state index contributed by atoms with van der Waals surface area (Å²) in [6, 6.07) is 1.20. The highest BCUT2D eigenvalue weighted by atomic mass is 31.2. The highest BCUT2D eigenvalue weighted by molar-refractivity contribution is 7.47. The first-order valence-electron chi connectivity index (χ1n) is 14.4. The van der Waals surface area contributed by atoms with Crippen molar-refractivity contribution in [2.45, 2.75) is 150 Å². The average Bonchev–Trinajstić information content (AvgIpc) is 3.14. The number of hydrogen-bond donors (Lipinski definition) is 1.